The van der Waals surface area contributed by atoms with Gasteiger partial charge in [0.15, 0.2) is 0 Å². The van der Waals surface area contributed by atoms with Gasteiger partial charge < -0.3 is 13.3 Å². The van der Waals surface area contributed by atoms with Crippen LogP contribution in [0.25, 0.3) is 0 Å². The molecular formula is C10H20O4Si. The van der Waals surface area contributed by atoms with Crippen molar-refractivity contribution in [3.63, 3.8) is 0 Å². The highest BCUT2D eigenvalue weighted by molar-refractivity contribution is 6.60. The predicted molar refractivity (Wildman–Crippen MR) is 60.3 cm³/mol. The van der Waals surface area contributed by atoms with E-state index in [2.05, 4.69) is 0 Å². The molecule has 5 heteroatoms. The lowest BCUT2D eigenvalue weighted by atomic mass is 10.1. The molecule has 0 aromatic rings. The Morgan fingerprint density at radius 3 is 2.07 bits per heavy atom. The van der Waals surface area contributed by atoms with E-state index < -0.39 is 8.80 Å². The van der Waals surface area contributed by atoms with Crippen LogP contribution >= 0.6 is 0 Å². The molecule has 88 valence electrons. The van der Waals surface area contributed by atoms with Crippen LogP contribution in [0, 0.1) is 0 Å². The van der Waals surface area contributed by atoms with Crippen molar-refractivity contribution in [2.45, 2.75) is 32.2 Å². The molecule has 0 spiro atoms. The van der Waals surface area contributed by atoms with Crippen LogP contribution in [-0.4, -0.2) is 36.1 Å². The minimum atomic E-state index is -2.41. The fourth-order valence-electron chi connectivity index (χ4n) is 1.34. The van der Waals surface area contributed by atoms with E-state index in [1.54, 1.807) is 28.3 Å². The second-order valence-electron chi connectivity index (χ2n) is 3.38. The molecule has 0 rings (SSSR count). The van der Waals surface area contributed by atoms with Crippen LogP contribution in [0.2, 0.25) is 6.04 Å². The first-order valence-corrected chi connectivity index (χ1v) is 6.93. The van der Waals surface area contributed by atoms with Crippen LogP contribution < -0.4 is 0 Å². The van der Waals surface area contributed by atoms with Gasteiger partial charge in [-0.15, -0.1) is 0 Å². The maximum Gasteiger partial charge on any atom is 0.500 e. The van der Waals surface area contributed by atoms with E-state index in [0.29, 0.717) is 0 Å². The molecule has 0 saturated carbocycles. The van der Waals surface area contributed by atoms with Gasteiger partial charge in [0.2, 0.25) is 0 Å². The summed E-state index contributed by atoms with van der Waals surface area (Å²) < 4.78 is 15.8. The first-order valence-electron chi connectivity index (χ1n) is 5.00. The first-order chi connectivity index (χ1) is 7.14. The van der Waals surface area contributed by atoms with E-state index in [0.717, 1.165) is 30.9 Å². The standard InChI is InChI=1S/C10H20O4Si/c1-10(9-11)7-5-6-8-15(12-2,13-3)14-4/h5-8H2,1-4H3. The Morgan fingerprint density at radius 1 is 1.13 bits per heavy atom. The molecule has 0 fully saturated rings. The van der Waals surface area contributed by atoms with Crippen molar-refractivity contribution in [1.29, 1.82) is 0 Å². The van der Waals surface area contributed by atoms with Gasteiger partial charge >= 0.3 is 8.80 Å². The summed E-state index contributed by atoms with van der Waals surface area (Å²) in [5, 5.41) is 0. The summed E-state index contributed by atoms with van der Waals surface area (Å²) in [5.74, 6) is 1.89. The molecule has 0 aromatic carbocycles. The number of carbonyl (C=O) groups excluding carboxylic acids is 1. The molecule has 0 aliphatic carbocycles. The second kappa shape index (κ2) is 7.79. The summed E-state index contributed by atoms with van der Waals surface area (Å²) in [5.41, 5.74) is 0.759. The molecule has 4 nitrogen and oxygen atoms in total. The molecule has 15 heavy (non-hydrogen) atoms. The Kier molecular flexibility index (Phi) is 7.55. The minimum Gasteiger partial charge on any atom is -0.377 e. The Labute approximate surface area is 92.6 Å². The average Bonchev–Trinajstić information content (AvgIpc) is 2.30. The Bertz CT molecular complexity index is 211. The van der Waals surface area contributed by atoms with Crippen molar-refractivity contribution < 1.29 is 18.1 Å². The van der Waals surface area contributed by atoms with Crippen LogP contribution in [0.4, 0.5) is 0 Å². The average molecular weight is 232 g/mol. The highest BCUT2D eigenvalue weighted by Crippen LogP contribution is 2.17. The van der Waals surface area contributed by atoms with Gasteiger partial charge in [0, 0.05) is 32.9 Å². The summed E-state index contributed by atoms with van der Waals surface area (Å²) in [4.78, 5) is 10.2. The third-order valence-corrected chi connectivity index (χ3v) is 5.22. The van der Waals surface area contributed by atoms with Crippen molar-refractivity contribution in [3.8, 4) is 0 Å². The predicted octanol–water partition coefficient (Wildman–Crippen LogP) is 1.81. The van der Waals surface area contributed by atoms with Gasteiger partial charge in [0.25, 0.3) is 0 Å². The third-order valence-electron chi connectivity index (χ3n) is 2.39. The lowest BCUT2D eigenvalue weighted by Crippen LogP contribution is -2.42. The number of unbranched alkanes of at least 4 members (excludes halogenated alkanes) is 1. The molecule has 0 aliphatic rings. The highest BCUT2D eigenvalue weighted by Gasteiger charge is 2.36. The summed E-state index contributed by atoms with van der Waals surface area (Å²) in [6, 6.07) is 0.780. The molecule has 0 atom stereocenters. The fourth-order valence-corrected chi connectivity index (χ4v) is 3.13. The van der Waals surface area contributed by atoms with Gasteiger partial charge in [-0.1, -0.05) is 0 Å². The van der Waals surface area contributed by atoms with Gasteiger partial charge in [0.1, 0.15) is 5.94 Å². The summed E-state index contributed by atoms with van der Waals surface area (Å²) in [6.45, 7) is 1.79. The van der Waals surface area contributed by atoms with Gasteiger partial charge in [-0.05, 0) is 26.2 Å². The topological polar surface area (TPSA) is 44.8 Å². The van der Waals surface area contributed by atoms with Crippen molar-refractivity contribution in [2.75, 3.05) is 21.3 Å². The van der Waals surface area contributed by atoms with Crippen molar-refractivity contribution in [3.05, 3.63) is 5.57 Å². The summed E-state index contributed by atoms with van der Waals surface area (Å²) >= 11 is 0. The number of allylic oxidation sites excluding steroid dienone is 1. The second-order valence-corrected chi connectivity index (χ2v) is 6.48. The molecule has 0 aromatic heterocycles. The quantitative estimate of drug-likeness (QED) is 0.364. The van der Waals surface area contributed by atoms with Gasteiger partial charge in [0.05, 0.1) is 0 Å². The van der Waals surface area contributed by atoms with E-state index in [-0.39, 0.29) is 0 Å². The maximum absolute atomic E-state index is 10.2. The molecule has 0 saturated heterocycles. The number of hydrogen-bond donors (Lipinski definition) is 0. The van der Waals surface area contributed by atoms with Crippen LogP contribution in [0.15, 0.2) is 5.57 Å². The first kappa shape index (κ1) is 14.5. The number of hydrogen-bond acceptors (Lipinski definition) is 4. The number of rotatable bonds is 8. The molecule has 0 N–H and O–H groups in total. The van der Waals surface area contributed by atoms with Crippen LogP contribution in [-0.2, 0) is 18.1 Å². The summed E-state index contributed by atoms with van der Waals surface area (Å²) in [7, 11) is 2.41. The van der Waals surface area contributed by atoms with E-state index in [9.17, 15) is 4.79 Å². The Morgan fingerprint density at radius 2 is 1.67 bits per heavy atom. The normalized spacial score (nSPS) is 11.2. The zero-order valence-corrected chi connectivity index (χ0v) is 11.0. The van der Waals surface area contributed by atoms with E-state index in [4.69, 9.17) is 13.3 Å². The molecule has 0 unspecified atom stereocenters. The van der Waals surface area contributed by atoms with Gasteiger partial charge in [-0.3, -0.25) is 0 Å². The van der Waals surface area contributed by atoms with Crippen molar-refractivity contribution in [1.82, 2.24) is 0 Å². The fraction of sp³-hybridized carbons (Fsp3) is 0.800. The van der Waals surface area contributed by atoms with Crippen molar-refractivity contribution in [2.24, 2.45) is 0 Å². The highest BCUT2D eigenvalue weighted by atomic mass is 28.4. The lowest BCUT2D eigenvalue weighted by Gasteiger charge is -2.24. The van der Waals surface area contributed by atoms with Gasteiger partial charge in [-0.2, -0.15) is 0 Å². The maximum atomic E-state index is 10.2. The Hall–Kier alpha value is -0.453. The molecular weight excluding hydrogens is 212 g/mol. The Balaban J connectivity index is 3.86. The van der Waals surface area contributed by atoms with Crippen molar-refractivity contribution >= 4 is 14.7 Å². The lowest BCUT2D eigenvalue weighted by molar-refractivity contribution is 0.123. The minimum absolute atomic E-state index is 0.759. The van der Waals surface area contributed by atoms with Crippen LogP contribution in [0.1, 0.15) is 26.2 Å². The van der Waals surface area contributed by atoms with Gasteiger partial charge in [-0.25, -0.2) is 4.79 Å². The molecule has 0 bridgehead atoms. The zero-order chi connectivity index (χ0) is 11.7. The van der Waals surface area contributed by atoms with E-state index in [1.807, 2.05) is 5.94 Å². The third kappa shape index (κ3) is 5.25. The molecule has 0 amide bonds. The van der Waals surface area contributed by atoms with E-state index in [1.165, 1.54) is 0 Å². The largest absolute Gasteiger partial charge is 0.500 e. The van der Waals surface area contributed by atoms with Crippen LogP contribution in [0.3, 0.4) is 0 Å². The smallest absolute Gasteiger partial charge is 0.377 e. The summed E-state index contributed by atoms with van der Waals surface area (Å²) in [6.07, 6.45) is 2.65. The van der Waals surface area contributed by atoms with E-state index >= 15 is 0 Å². The van der Waals surface area contributed by atoms with Crippen LogP contribution in [0.5, 0.6) is 0 Å². The zero-order valence-electron chi connectivity index (χ0n) is 9.96. The SMILES string of the molecule is CO[Si](CCCCC(C)=C=O)(OC)OC. The molecule has 0 heterocycles. The molecule has 0 aliphatic heterocycles. The molecule has 0 radical (unpaired) electrons. The monoisotopic (exact) mass is 232 g/mol.